The van der Waals surface area contributed by atoms with Gasteiger partial charge in [0.15, 0.2) is 10.9 Å². The summed E-state index contributed by atoms with van der Waals surface area (Å²) in [5.74, 6) is 0.385. The maximum atomic E-state index is 12.5. The number of aromatic nitrogens is 1. The standard InChI is InChI=1S/C21H13Cl3N2O2S/c22-14-3-1-2-13(8-14)18-6-7-19(28-18)20(27)26-21-25-11-16(29-21)9-12-4-5-15(23)10-17(12)24/h1-8,10-11H,9H2,(H,25,26,27). The van der Waals surface area contributed by atoms with Crippen molar-refractivity contribution in [1.82, 2.24) is 4.98 Å². The van der Waals surface area contributed by atoms with Crippen LogP contribution in [0.4, 0.5) is 5.13 Å². The molecule has 2 aromatic carbocycles. The Labute approximate surface area is 186 Å². The van der Waals surface area contributed by atoms with Crippen LogP contribution in [0, 0.1) is 0 Å². The van der Waals surface area contributed by atoms with E-state index < -0.39 is 0 Å². The normalized spacial score (nSPS) is 10.9. The zero-order valence-corrected chi connectivity index (χ0v) is 17.9. The highest BCUT2D eigenvalue weighted by atomic mass is 35.5. The van der Waals surface area contributed by atoms with Crippen LogP contribution < -0.4 is 5.32 Å². The number of nitrogens with zero attached hydrogens (tertiary/aromatic N) is 1. The van der Waals surface area contributed by atoms with Gasteiger partial charge in [0.1, 0.15) is 5.76 Å². The largest absolute Gasteiger partial charge is 0.451 e. The van der Waals surface area contributed by atoms with E-state index >= 15 is 0 Å². The van der Waals surface area contributed by atoms with Gasteiger partial charge in [0.2, 0.25) is 0 Å². The summed E-state index contributed by atoms with van der Waals surface area (Å²) in [6, 6.07) is 16.0. The summed E-state index contributed by atoms with van der Waals surface area (Å²) < 4.78 is 5.66. The van der Waals surface area contributed by atoms with E-state index in [9.17, 15) is 4.79 Å². The monoisotopic (exact) mass is 462 g/mol. The fourth-order valence-corrected chi connectivity index (χ4v) is 4.21. The number of thiazole rings is 1. The fourth-order valence-electron chi connectivity index (χ4n) is 2.72. The average Bonchev–Trinajstić information content (AvgIpc) is 3.34. The van der Waals surface area contributed by atoms with Gasteiger partial charge in [-0.25, -0.2) is 4.98 Å². The summed E-state index contributed by atoms with van der Waals surface area (Å²) in [6.07, 6.45) is 2.31. The van der Waals surface area contributed by atoms with Gasteiger partial charge in [-0.1, -0.05) is 53.0 Å². The first kappa shape index (κ1) is 20.0. The minimum atomic E-state index is -0.372. The Morgan fingerprint density at radius 1 is 1.03 bits per heavy atom. The maximum absolute atomic E-state index is 12.5. The van der Waals surface area contributed by atoms with Crippen molar-refractivity contribution in [3.8, 4) is 11.3 Å². The van der Waals surface area contributed by atoms with E-state index in [0.717, 1.165) is 16.0 Å². The maximum Gasteiger partial charge on any atom is 0.293 e. The molecule has 2 heterocycles. The van der Waals surface area contributed by atoms with Crippen molar-refractivity contribution in [1.29, 1.82) is 0 Å². The van der Waals surface area contributed by atoms with Crippen LogP contribution in [0.15, 0.2) is 65.2 Å². The van der Waals surface area contributed by atoms with Gasteiger partial charge >= 0.3 is 0 Å². The number of benzene rings is 2. The molecule has 0 bridgehead atoms. The van der Waals surface area contributed by atoms with Gasteiger partial charge in [0.25, 0.3) is 5.91 Å². The highest BCUT2D eigenvalue weighted by Crippen LogP contribution is 2.28. The van der Waals surface area contributed by atoms with Gasteiger partial charge in [0, 0.05) is 38.1 Å². The zero-order chi connectivity index (χ0) is 20.4. The molecule has 0 fully saturated rings. The second-order valence-corrected chi connectivity index (χ2v) is 8.57. The van der Waals surface area contributed by atoms with Crippen LogP contribution in [0.2, 0.25) is 15.1 Å². The SMILES string of the molecule is O=C(Nc1ncc(Cc2ccc(Cl)cc2Cl)s1)c1ccc(-c2cccc(Cl)c2)o1. The Bertz CT molecular complexity index is 1190. The number of carbonyl (C=O) groups excluding carboxylic acids is 1. The molecule has 0 spiro atoms. The van der Waals surface area contributed by atoms with E-state index in [2.05, 4.69) is 10.3 Å². The summed E-state index contributed by atoms with van der Waals surface area (Å²) in [5, 5.41) is 5.03. The minimum Gasteiger partial charge on any atom is -0.451 e. The third kappa shape index (κ3) is 4.82. The van der Waals surface area contributed by atoms with Crippen LogP contribution in [-0.2, 0) is 6.42 Å². The van der Waals surface area contributed by atoms with Crippen LogP contribution in [0.5, 0.6) is 0 Å². The molecule has 4 aromatic rings. The lowest BCUT2D eigenvalue weighted by Gasteiger charge is -2.02. The summed E-state index contributed by atoms with van der Waals surface area (Å²) in [7, 11) is 0. The molecule has 146 valence electrons. The number of nitrogens with one attached hydrogen (secondary N) is 1. The lowest BCUT2D eigenvalue weighted by atomic mass is 10.1. The molecule has 0 unspecified atom stereocenters. The second-order valence-electron chi connectivity index (χ2n) is 6.17. The number of rotatable bonds is 5. The van der Waals surface area contributed by atoms with Crippen LogP contribution in [0.1, 0.15) is 21.0 Å². The van der Waals surface area contributed by atoms with Crippen molar-refractivity contribution in [2.24, 2.45) is 0 Å². The van der Waals surface area contributed by atoms with Crippen molar-refractivity contribution in [2.45, 2.75) is 6.42 Å². The highest BCUT2D eigenvalue weighted by Gasteiger charge is 2.15. The van der Waals surface area contributed by atoms with Gasteiger partial charge in [0.05, 0.1) is 0 Å². The van der Waals surface area contributed by atoms with E-state index in [4.69, 9.17) is 39.2 Å². The Morgan fingerprint density at radius 2 is 1.86 bits per heavy atom. The first-order chi connectivity index (χ1) is 14.0. The van der Waals surface area contributed by atoms with Crippen molar-refractivity contribution < 1.29 is 9.21 Å². The van der Waals surface area contributed by atoms with Crippen molar-refractivity contribution in [3.63, 3.8) is 0 Å². The van der Waals surface area contributed by atoms with E-state index in [-0.39, 0.29) is 11.7 Å². The molecule has 8 heteroatoms. The molecule has 1 N–H and O–H groups in total. The fraction of sp³-hybridized carbons (Fsp3) is 0.0476. The quantitative estimate of drug-likeness (QED) is 0.340. The molecule has 0 saturated carbocycles. The van der Waals surface area contributed by atoms with Crippen LogP contribution in [-0.4, -0.2) is 10.9 Å². The van der Waals surface area contributed by atoms with Crippen molar-refractivity contribution in [2.75, 3.05) is 5.32 Å². The molecular weight excluding hydrogens is 451 g/mol. The summed E-state index contributed by atoms with van der Waals surface area (Å²) in [5.41, 5.74) is 1.74. The summed E-state index contributed by atoms with van der Waals surface area (Å²) in [4.78, 5) is 17.7. The molecule has 0 atom stereocenters. The first-order valence-corrected chi connectivity index (χ1v) is 10.5. The Morgan fingerprint density at radius 3 is 2.66 bits per heavy atom. The lowest BCUT2D eigenvalue weighted by molar-refractivity contribution is 0.0997. The highest BCUT2D eigenvalue weighted by molar-refractivity contribution is 7.15. The van der Waals surface area contributed by atoms with Crippen LogP contribution in [0.3, 0.4) is 0 Å². The van der Waals surface area contributed by atoms with E-state index in [1.807, 2.05) is 18.2 Å². The molecule has 0 aliphatic rings. The molecule has 0 aliphatic heterocycles. The molecule has 4 rings (SSSR count). The number of amides is 1. The van der Waals surface area contributed by atoms with E-state index in [0.29, 0.717) is 32.4 Å². The molecule has 4 nitrogen and oxygen atoms in total. The van der Waals surface area contributed by atoms with Gasteiger partial charge < -0.3 is 4.42 Å². The molecular formula is C21H13Cl3N2O2S. The average molecular weight is 464 g/mol. The summed E-state index contributed by atoms with van der Waals surface area (Å²) in [6.45, 7) is 0. The molecule has 29 heavy (non-hydrogen) atoms. The van der Waals surface area contributed by atoms with Gasteiger partial charge in [-0.3, -0.25) is 10.1 Å². The van der Waals surface area contributed by atoms with Crippen LogP contribution in [0.25, 0.3) is 11.3 Å². The zero-order valence-electron chi connectivity index (χ0n) is 14.8. The summed E-state index contributed by atoms with van der Waals surface area (Å²) >= 11 is 19.5. The number of furan rings is 1. The van der Waals surface area contributed by atoms with E-state index in [1.165, 1.54) is 11.3 Å². The minimum absolute atomic E-state index is 0.192. The lowest BCUT2D eigenvalue weighted by Crippen LogP contribution is -2.10. The van der Waals surface area contributed by atoms with Gasteiger partial charge in [-0.15, -0.1) is 11.3 Å². The molecule has 0 aliphatic carbocycles. The van der Waals surface area contributed by atoms with Crippen molar-refractivity contribution in [3.05, 3.63) is 92.1 Å². The molecule has 1 amide bonds. The number of halogens is 3. The Hall–Kier alpha value is -2.31. The smallest absolute Gasteiger partial charge is 0.293 e. The number of hydrogen-bond acceptors (Lipinski definition) is 4. The Kier molecular flexibility index (Phi) is 5.92. The third-order valence-electron chi connectivity index (χ3n) is 4.09. The Balaban J connectivity index is 1.44. The molecule has 2 aromatic heterocycles. The van der Waals surface area contributed by atoms with Gasteiger partial charge in [-0.05, 0) is 42.0 Å². The predicted molar refractivity (Wildman–Crippen MR) is 118 cm³/mol. The number of carbonyl (C=O) groups is 1. The number of anilines is 1. The van der Waals surface area contributed by atoms with Crippen molar-refractivity contribution >= 4 is 57.2 Å². The molecule has 0 radical (unpaired) electrons. The third-order valence-corrected chi connectivity index (χ3v) is 5.83. The van der Waals surface area contributed by atoms with E-state index in [1.54, 1.807) is 42.6 Å². The molecule has 0 saturated heterocycles. The number of hydrogen-bond donors (Lipinski definition) is 1. The topological polar surface area (TPSA) is 55.1 Å². The predicted octanol–water partition coefficient (Wildman–Crippen LogP) is 7.21. The van der Waals surface area contributed by atoms with Gasteiger partial charge in [-0.2, -0.15) is 0 Å². The first-order valence-electron chi connectivity index (χ1n) is 8.54. The van der Waals surface area contributed by atoms with Crippen LogP contribution >= 0.6 is 46.1 Å². The second kappa shape index (κ2) is 8.59.